The molecule has 0 aliphatic rings. The summed E-state index contributed by atoms with van der Waals surface area (Å²) >= 11 is 0. The van der Waals surface area contributed by atoms with Gasteiger partial charge in [0, 0.05) is 11.1 Å². The SMILES string of the molecule is C=CCOc1ccc(C(=O)N/N=C\c2ccccc2OCc2cccc(OC)c2)cc1. The normalized spacial score (nSPS) is 10.5. The fourth-order valence-corrected chi connectivity index (χ4v) is 2.72. The molecular weight excluding hydrogens is 392 g/mol. The Balaban J connectivity index is 1.59. The van der Waals surface area contributed by atoms with E-state index >= 15 is 0 Å². The third-order valence-electron chi connectivity index (χ3n) is 4.30. The highest BCUT2D eigenvalue weighted by Gasteiger charge is 2.06. The van der Waals surface area contributed by atoms with Gasteiger partial charge in [-0.3, -0.25) is 4.79 Å². The molecule has 0 radical (unpaired) electrons. The van der Waals surface area contributed by atoms with Crippen molar-refractivity contribution in [1.82, 2.24) is 5.43 Å². The van der Waals surface area contributed by atoms with Crippen LogP contribution in [0.1, 0.15) is 21.5 Å². The largest absolute Gasteiger partial charge is 0.497 e. The van der Waals surface area contributed by atoms with Crippen LogP contribution in [0.15, 0.2) is 90.6 Å². The molecule has 1 amide bonds. The summed E-state index contributed by atoms with van der Waals surface area (Å²) in [6, 6.07) is 22.0. The van der Waals surface area contributed by atoms with E-state index in [0.717, 1.165) is 16.9 Å². The molecule has 0 atom stereocenters. The first-order valence-corrected chi connectivity index (χ1v) is 9.71. The summed E-state index contributed by atoms with van der Waals surface area (Å²) in [5, 5.41) is 4.06. The van der Waals surface area contributed by atoms with Crippen molar-refractivity contribution in [3.8, 4) is 17.2 Å². The van der Waals surface area contributed by atoms with Crippen molar-refractivity contribution in [2.24, 2.45) is 5.10 Å². The molecule has 3 aromatic rings. The molecule has 158 valence electrons. The summed E-state index contributed by atoms with van der Waals surface area (Å²) in [6.07, 6.45) is 3.22. The predicted octanol–water partition coefficient (Wildman–Crippen LogP) is 4.60. The number of ether oxygens (including phenoxy) is 3. The minimum atomic E-state index is -0.318. The lowest BCUT2D eigenvalue weighted by molar-refractivity contribution is 0.0955. The molecule has 0 unspecified atom stereocenters. The van der Waals surface area contributed by atoms with Crippen LogP contribution in [0.2, 0.25) is 0 Å². The van der Waals surface area contributed by atoms with E-state index in [4.69, 9.17) is 14.2 Å². The topological polar surface area (TPSA) is 69.2 Å². The van der Waals surface area contributed by atoms with Gasteiger partial charge < -0.3 is 14.2 Å². The molecule has 0 heterocycles. The van der Waals surface area contributed by atoms with Crippen LogP contribution in [0.25, 0.3) is 0 Å². The molecule has 31 heavy (non-hydrogen) atoms. The van der Waals surface area contributed by atoms with Gasteiger partial charge in [-0.05, 0) is 54.1 Å². The Morgan fingerprint density at radius 1 is 1.00 bits per heavy atom. The Bertz CT molecular complexity index is 1050. The zero-order chi connectivity index (χ0) is 21.9. The highest BCUT2D eigenvalue weighted by Crippen LogP contribution is 2.19. The van der Waals surface area contributed by atoms with Gasteiger partial charge in [0.25, 0.3) is 5.91 Å². The summed E-state index contributed by atoms with van der Waals surface area (Å²) in [5.41, 5.74) is 4.74. The fraction of sp³-hybridized carbons (Fsp3) is 0.120. The minimum Gasteiger partial charge on any atom is -0.497 e. The molecule has 0 aliphatic carbocycles. The highest BCUT2D eigenvalue weighted by molar-refractivity contribution is 5.95. The lowest BCUT2D eigenvalue weighted by atomic mass is 10.2. The minimum absolute atomic E-state index is 0.318. The Labute approximate surface area is 181 Å². The third kappa shape index (κ3) is 6.47. The van der Waals surface area contributed by atoms with Crippen LogP contribution in [-0.2, 0) is 6.61 Å². The van der Waals surface area contributed by atoms with E-state index in [2.05, 4.69) is 17.1 Å². The van der Waals surface area contributed by atoms with Crippen LogP contribution in [0, 0.1) is 0 Å². The zero-order valence-electron chi connectivity index (χ0n) is 17.3. The van der Waals surface area contributed by atoms with E-state index in [0.29, 0.717) is 30.3 Å². The summed E-state index contributed by atoms with van der Waals surface area (Å²) in [7, 11) is 1.63. The molecule has 6 heteroatoms. The Morgan fingerprint density at radius 2 is 1.81 bits per heavy atom. The molecule has 0 saturated heterocycles. The summed E-state index contributed by atoms with van der Waals surface area (Å²) < 4.78 is 16.6. The van der Waals surface area contributed by atoms with E-state index < -0.39 is 0 Å². The Hall–Kier alpha value is -4.06. The second-order valence-electron chi connectivity index (χ2n) is 6.50. The molecule has 0 spiro atoms. The predicted molar refractivity (Wildman–Crippen MR) is 121 cm³/mol. The number of carbonyl (C=O) groups is 1. The van der Waals surface area contributed by atoms with Crippen LogP contribution in [0.3, 0.4) is 0 Å². The lowest BCUT2D eigenvalue weighted by Crippen LogP contribution is -2.17. The highest BCUT2D eigenvalue weighted by atomic mass is 16.5. The smallest absolute Gasteiger partial charge is 0.271 e. The Kier molecular flexibility index (Phi) is 7.83. The molecule has 0 saturated carbocycles. The Morgan fingerprint density at radius 3 is 2.58 bits per heavy atom. The molecule has 3 rings (SSSR count). The van der Waals surface area contributed by atoms with Crippen LogP contribution < -0.4 is 19.6 Å². The molecule has 0 bridgehead atoms. The van der Waals surface area contributed by atoms with Crippen molar-refractivity contribution in [3.05, 3.63) is 102 Å². The van der Waals surface area contributed by atoms with E-state index in [-0.39, 0.29) is 5.91 Å². The number of carbonyl (C=O) groups excluding carboxylic acids is 1. The van der Waals surface area contributed by atoms with Crippen LogP contribution in [-0.4, -0.2) is 25.8 Å². The first kappa shape index (κ1) is 21.6. The van der Waals surface area contributed by atoms with Gasteiger partial charge in [-0.2, -0.15) is 5.10 Å². The maximum Gasteiger partial charge on any atom is 0.271 e. The lowest BCUT2D eigenvalue weighted by Gasteiger charge is -2.10. The van der Waals surface area contributed by atoms with Gasteiger partial charge in [-0.15, -0.1) is 0 Å². The standard InChI is InChI=1S/C25H24N2O4/c1-3-15-30-22-13-11-20(12-14-22)25(28)27-26-17-21-8-4-5-10-24(21)31-18-19-7-6-9-23(16-19)29-2/h3-14,16-17H,1,15,18H2,2H3,(H,27,28)/b26-17-. The number of hydrogen-bond donors (Lipinski definition) is 1. The number of benzene rings is 3. The van der Waals surface area contributed by atoms with Crippen LogP contribution in [0.5, 0.6) is 17.2 Å². The van der Waals surface area contributed by atoms with Gasteiger partial charge in [0.1, 0.15) is 30.5 Å². The third-order valence-corrected chi connectivity index (χ3v) is 4.30. The maximum absolute atomic E-state index is 12.3. The first-order valence-electron chi connectivity index (χ1n) is 9.71. The number of hydrazone groups is 1. The maximum atomic E-state index is 12.3. The van der Waals surface area contributed by atoms with E-state index in [1.165, 1.54) is 0 Å². The second kappa shape index (κ2) is 11.2. The van der Waals surface area contributed by atoms with E-state index in [9.17, 15) is 4.79 Å². The van der Waals surface area contributed by atoms with Crippen molar-refractivity contribution in [3.63, 3.8) is 0 Å². The summed E-state index contributed by atoms with van der Waals surface area (Å²) in [5.74, 6) is 1.79. The summed E-state index contributed by atoms with van der Waals surface area (Å²) in [4.78, 5) is 12.3. The van der Waals surface area contributed by atoms with Gasteiger partial charge in [0.05, 0.1) is 13.3 Å². The van der Waals surface area contributed by atoms with Crippen molar-refractivity contribution >= 4 is 12.1 Å². The second-order valence-corrected chi connectivity index (χ2v) is 6.50. The van der Waals surface area contributed by atoms with Crippen molar-refractivity contribution in [2.75, 3.05) is 13.7 Å². The molecule has 6 nitrogen and oxygen atoms in total. The quantitative estimate of drug-likeness (QED) is 0.298. The number of rotatable bonds is 10. The first-order chi connectivity index (χ1) is 15.2. The van der Waals surface area contributed by atoms with Crippen molar-refractivity contribution in [1.29, 1.82) is 0 Å². The monoisotopic (exact) mass is 416 g/mol. The molecular formula is C25H24N2O4. The van der Waals surface area contributed by atoms with Gasteiger partial charge in [-0.25, -0.2) is 5.43 Å². The number of para-hydroxylation sites is 1. The van der Waals surface area contributed by atoms with Crippen molar-refractivity contribution in [2.45, 2.75) is 6.61 Å². The number of hydrogen-bond acceptors (Lipinski definition) is 5. The molecule has 0 aromatic heterocycles. The molecule has 1 N–H and O–H groups in total. The molecule has 3 aromatic carbocycles. The van der Waals surface area contributed by atoms with Gasteiger partial charge >= 0.3 is 0 Å². The average Bonchev–Trinajstić information content (AvgIpc) is 2.82. The molecule has 0 aliphatic heterocycles. The fourth-order valence-electron chi connectivity index (χ4n) is 2.72. The van der Waals surface area contributed by atoms with Crippen LogP contribution >= 0.6 is 0 Å². The van der Waals surface area contributed by atoms with Gasteiger partial charge in [-0.1, -0.05) is 36.9 Å². The number of methoxy groups -OCH3 is 1. The van der Waals surface area contributed by atoms with Gasteiger partial charge in [0.15, 0.2) is 0 Å². The van der Waals surface area contributed by atoms with E-state index in [1.54, 1.807) is 43.7 Å². The van der Waals surface area contributed by atoms with Crippen molar-refractivity contribution < 1.29 is 19.0 Å². The molecule has 0 fully saturated rings. The summed E-state index contributed by atoms with van der Waals surface area (Å²) in [6.45, 7) is 4.40. The average molecular weight is 416 g/mol. The number of nitrogens with one attached hydrogen (secondary N) is 1. The zero-order valence-corrected chi connectivity index (χ0v) is 17.3. The van der Waals surface area contributed by atoms with E-state index in [1.807, 2.05) is 48.5 Å². The number of nitrogens with zero attached hydrogens (tertiary/aromatic N) is 1. The van der Waals surface area contributed by atoms with Crippen LogP contribution in [0.4, 0.5) is 0 Å². The number of amides is 1. The van der Waals surface area contributed by atoms with Gasteiger partial charge in [0.2, 0.25) is 0 Å².